The van der Waals surface area contributed by atoms with Crippen molar-refractivity contribution in [2.24, 2.45) is 13.0 Å². The monoisotopic (exact) mass is 392 g/mol. The summed E-state index contributed by atoms with van der Waals surface area (Å²) < 4.78 is 27.8. The number of piperidine rings is 1. The predicted molar refractivity (Wildman–Crippen MR) is 105 cm³/mol. The minimum Gasteiger partial charge on any atom is -0.342 e. The lowest BCUT2D eigenvalue weighted by atomic mass is 10.00. The van der Waals surface area contributed by atoms with Crippen molar-refractivity contribution in [2.75, 3.05) is 27.2 Å². The summed E-state index contributed by atoms with van der Waals surface area (Å²) in [5.41, 5.74) is 1.50. The van der Waals surface area contributed by atoms with Gasteiger partial charge in [0.2, 0.25) is 15.9 Å². The molecular formula is C19H28N4O3S. The number of likely N-dealkylation sites (tertiary alicyclic amines) is 1. The molecule has 1 amide bonds. The fraction of sp³-hybridized carbons (Fsp3) is 0.579. The van der Waals surface area contributed by atoms with Crippen LogP contribution in [-0.2, 0) is 28.3 Å². The number of sulfonamides is 1. The van der Waals surface area contributed by atoms with Crippen molar-refractivity contribution in [3.05, 3.63) is 24.0 Å². The summed E-state index contributed by atoms with van der Waals surface area (Å²) in [4.78, 5) is 19.3. The molecule has 7 nitrogen and oxygen atoms in total. The number of nitrogens with zero attached hydrogens (tertiary/aromatic N) is 4. The Bertz CT molecular complexity index is 949. The van der Waals surface area contributed by atoms with Gasteiger partial charge in [-0.05, 0) is 37.0 Å². The molecular weight excluding hydrogens is 364 g/mol. The third-order valence-electron chi connectivity index (χ3n) is 5.30. The van der Waals surface area contributed by atoms with Gasteiger partial charge in [-0.25, -0.2) is 17.7 Å². The molecule has 1 saturated heterocycles. The van der Waals surface area contributed by atoms with E-state index in [1.807, 2.05) is 16.5 Å². The van der Waals surface area contributed by atoms with Crippen molar-refractivity contribution in [2.45, 2.75) is 37.5 Å². The van der Waals surface area contributed by atoms with E-state index in [9.17, 15) is 13.2 Å². The van der Waals surface area contributed by atoms with Gasteiger partial charge < -0.3 is 9.47 Å². The number of imidazole rings is 1. The van der Waals surface area contributed by atoms with Gasteiger partial charge in [-0.2, -0.15) is 0 Å². The highest BCUT2D eigenvalue weighted by Crippen LogP contribution is 2.22. The molecule has 1 aliphatic rings. The standard InChI is InChI=1S/C19H28N4O3S/c1-14-6-5-11-23(13-14)19(24)10-9-18-20-16-12-15(27(25,26)21(2)3)7-8-17(16)22(18)4/h7-8,12,14H,5-6,9-11,13H2,1-4H3. The Hall–Kier alpha value is -1.93. The maximum absolute atomic E-state index is 12.5. The van der Waals surface area contributed by atoms with Gasteiger partial charge in [0.25, 0.3) is 0 Å². The molecule has 1 atom stereocenters. The third-order valence-corrected chi connectivity index (χ3v) is 7.11. The highest BCUT2D eigenvalue weighted by atomic mass is 32.2. The quantitative estimate of drug-likeness (QED) is 0.780. The number of hydrogen-bond donors (Lipinski definition) is 0. The molecule has 1 fully saturated rings. The van der Waals surface area contributed by atoms with E-state index in [-0.39, 0.29) is 10.8 Å². The first kappa shape index (κ1) is 19.8. The first-order chi connectivity index (χ1) is 12.7. The summed E-state index contributed by atoms with van der Waals surface area (Å²) in [6.45, 7) is 3.87. The molecule has 0 N–H and O–H groups in total. The van der Waals surface area contributed by atoms with Crippen LogP contribution in [0.3, 0.4) is 0 Å². The zero-order valence-corrected chi connectivity index (χ0v) is 17.3. The van der Waals surface area contributed by atoms with E-state index >= 15 is 0 Å². The third kappa shape index (κ3) is 4.01. The molecule has 0 bridgehead atoms. The van der Waals surface area contributed by atoms with Crippen LogP contribution in [0.15, 0.2) is 23.1 Å². The second kappa shape index (κ2) is 7.59. The lowest BCUT2D eigenvalue weighted by Gasteiger charge is -2.31. The summed E-state index contributed by atoms with van der Waals surface area (Å²) in [6, 6.07) is 4.97. The van der Waals surface area contributed by atoms with Gasteiger partial charge in [-0.15, -0.1) is 0 Å². The van der Waals surface area contributed by atoms with E-state index in [1.165, 1.54) is 24.8 Å². The van der Waals surface area contributed by atoms with Crippen LogP contribution < -0.4 is 0 Å². The summed E-state index contributed by atoms with van der Waals surface area (Å²) in [5.74, 6) is 1.53. The Balaban J connectivity index is 1.77. The lowest BCUT2D eigenvalue weighted by Crippen LogP contribution is -2.39. The number of hydrogen-bond acceptors (Lipinski definition) is 4. The Kier molecular flexibility index (Phi) is 5.58. The fourth-order valence-corrected chi connectivity index (χ4v) is 4.54. The van der Waals surface area contributed by atoms with Gasteiger partial charge in [0, 0.05) is 47.1 Å². The van der Waals surface area contributed by atoms with Gasteiger partial charge in [0.1, 0.15) is 5.82 Å². The van der Waals surface area contributed by atoms with Crippen molar-refractivity contribution in [1.29, 1.82) is 0 Å². The molecule has 2 heterocycles. The Labute approximate surface area is 161 Å². The fourth-order valence-electron chi connectivity index (χ4n) is 3.62. The number of amides is 1. The van der Waals surface area contributed by atoms with Crippen molar-refractivity contribution in [1.82, 2.24) is 18.8 Å². The van der Waals surface area contributed by atoms with E-state index < -0.39 is 10.0 Å². The molecule has 148 valence electrons. The van der Waals surface area contributed by atoms with Crippen LogP contribution in [0.2, 0.25) is 0 Å². The average molecular weight is 393 g/mol. The molecule has 8 heteroatoms. The number of carbonyl (C=O) groups is 1. The smallest absolute Gasteiger partial charge is 0.242 e. The normalized spacial score (nSPS) is 18.4. The molecule has 1 aliphatic heterocycles. The molecule has 0 saturated carbocycles. The van der Waals surface area contributed by atoms with Crippen molar-refractivity contribution < 1.29 is 13.2 Å². The molecule has 0 spiro atoms. The van der Waals surface area contributed by atoms with Crippen LogP contribution in [0.5, 0.6) is 0 Å². The lowest BCUT2D eigenvalue weighted by molar-refractivity contribution is -0.132. The highest BCUT2D eigenvalue weighted by molar-refractivity contribution is 7.89. The zero-order chi connectivity index (χ0) is 19.8. The number of rotatable bonds is 5. The molecule has 1 aromatic heterocycles. The molecule has 3 rings (SSSR count). The van der Waals surface area contributed by atoms with Crippen LogP contribution in [0.1, 0.15) is 32.0 Å². The molecule has 1 unspecified atom stereocenters. The summed E-state index contributed by atoms with van der Waals surface area (Å²) in [5, 5.41) is 0. The SMILES string of the molecule is CC1CCCN(C(=O)CCc2nc3cc(S(=O)(=O)N(C)C)ccc3n2C)C1. The summed E-state index contributed by atoms with van der Waals surface area (Å²) in [7, 11) is 1.43. The van der Waals surface area contributed by atoms with Gasteiger partial charge in [0.15, 0.2) is 0 Å². The number of fused-ring (bicyclic) bond motifs is 1. The van der Waals surface area contributed by atoms with Gasteiger partial charge in [0.05, 0.1) is 15.9 Å². The van der Waals surface area contributed by atoms with E-state index in [0.717, 1.165) is 30.9 Å². The van der Waals surface area contributed by atoms with Gasteiger partial charge in [-0.1, -0.05) is 6.92 Å². The Morgan fingerprint density at radius 3 is 2.74 bits per heavy atom. The second-order valence-corrected chi connectivity index (χ2v) is 9.76. The van der Waals surface area contributed by atoms with Crippen LogP contribution in [0.4, 0.5) is 0 Å². The zero-order valence-electron chi connectivity index (χ0n) is 16.5. The van der Waals surface area contributed by atoms with Crippen LogP contribution >= 0.6 is 0 Å². The Morgan fingerprint density at radius 1 is 1.33 bits per heavy atom. The van der Waals surface area contributed by atoms with E-state index in [4.69, 9.17) is 0 Å². The predicted octanol–water partition coefficient (Wildman–Crippen LogP) is 2.01. The molecule has 2 aromatic rings. The van der Waals surface area contributed by atoms with E-state index in [1.54, 1.807) is 18.2 Å². The van der Waals surface area contributed by atoms with E-state index in [0.29, 0.717) is 24.3 Å². The van der Waals surface area contributed by atoms with E-state index in [2.05, 4.69) is 11.9 Å². The first-order valence-corrected chi connectivity index (χ1v) is 10.8. The Morgan fingerprint density at radius 2 is 2.07 bits per heavy atom. The van der Waals surface area contributed by atoms with Crippen molar-refractivity contribution in [3.8, 4) is 0 Å². The number of benzene rings is 1. The first-order valence-electron chi connectivity index (χ1n) is 9.36. The van der Waals surface area contributed by atoms with Crippen LogP contribution in [-0.4, -0.2) is 60.3 Å². The molecule has 0 radical (unpaired) electrons. The number of carbonyl (C=O) groups excluding carboxylic acids is 1. The average Bonchev–Trinajstić information content (AvgIpc) is 2.95. The van der Waals surface area contributed by atoms with Crippen molar-refractivity contribution >= 4 is 27.0 Å². The summed E-state index contributed by atoms with van der Waals surface area (Å²) >= 11 is 0. The molecule has 0 aliphatic carbocycles. The van der Waals surface area contributed by atoms with Crippen LogP contribution in [0, 0.1) is 5.92 Å². The minimum atomic E-state index is -3.49. The maximum Gasteiger partial charge on any atom is 0.242 e. The highest BCUT2D eigenvalue weighted by Gasteiger charge is 2.22. The number of aromatic nitrogens is 2. The van der Waals surface area contributed by atoms with Gasteiger partial charge in [-0.3, -0.25) is 4.79 Å². The second-order valence-electron chi connectivity index (χ2n) is 7.61. The summed E-state index contributed by atoms with van der Waals surface area (Å²) in [6.07, 6.45) is 3.23. The number of aryl methyl sites for hydroxylation is 2. The largest absolute Gasteiger partial charge is 0.342 e. The van der Waals surface area contributed by atoms with Gasteiger partial charge >= 0.3 is 0 Å². The maximum atomic E-state index is 12.5. The topological polar surface area (TPSA) is 75.5 Å². The van der Waals surface area contributed by atoms with Crippen molar-refractivity contribution in [3.63, 3.8) is 0 Å². The minimum absolute atomic E-state index is 0.171. The molecule has 1 aromatic carbocycles. The molecule has 27 heavy (non-hydrogen) atoms. The van der Waals surface area contributed by atoms with Crippen LogP contribution in [0.25, 0.3) is 11.0 Å².